The lowest BCUT2D eigenvalue weighted by atomic mass is 9.76. The van der Waals surface area contributed by atoms with Crippen molar-refractivity contribution in [2.45, 2.75) is 70.4 Å². The van der Waals surface area contributed by atoms with Crippen molar-refractivity contribution in [3.8, 4) is 0 Å². The van der Waals surface area contributed by atoms with Crippen LogP contribution in [0.3, 0.4) is 0 Å². The van der Waals surface area contributed by atoms with Crippen molar-refractivity contribution in [2.75, 3.05) is 6.61 Å². The average Bonchev–Trinajstić information content (AvgIpc) is 2.35. The maximum atomic E-state index is 12.4. The molecule has 0 bridgehead atoms. The summed E-state index contributed by atoms with van der Waals surface area (Å²) in [5, 5.41) is 12.5. The number of aliphatic hydroxyl groups is 1. The minimum atomic E-state index is -0.748. The van der Waals surface area contributed by atoms with Gasteiger partial charge in [0.2, 0.25) is 5.91 Å². The first-order valence-electron chi connectivity index (χ1n) is 7.13. The number of carbonyl (C=O) groups is 1. The van der Waals surface area contributed by atoms with Gasteiger partial charge in [0.15, 0.2) is 0 Å². The lowest BCUT2D eigenvalue weighted by molar-refractivity contribution is -0.130. The monoisotopic (exact) mass is 256 g/mol. The van der Waals surface area contributed by atoms with Gasteiger partial charge in [0, 0.05) is 0 Å². The van der Waals surface area contributed by atoms with Crippen LogP contribution in [0.4, 0.5) is 0 Å². The fourth-order valence-electron chi connectivity index (χ4n) is 2.85. The third-order valence-corrected chi connectivity index (χ3v) is 4.52. The van der Waals surface area contributed by atoms with E-state index in [0.717, 1.165) is 38.5 Å². The molecule has 0 spiro atoms. The molecule has 0 aromatic carbocycles. The van der Waals surface area contributed by atoms with E-state index in [-0.39, 0.29) is 12.5 Å². The summed E-state index contributed by atoms with van der Waals surface area (Å²) < 4.78 is 0. The summed E-state index contributed by atoms with van der Waals surface area (Å²) in [7, 11) is 0. The van der Waals surface area contributed by atoms with Gasteiger partial charge in [0.25, 0.3) is 0 Å². The molecule has 2 atom stereocenters. The van der Waals surface area contributed by atoms with Crippen LogP contribution < -0.4 is 11.1 Å². The summed E-state index contributed by atoms with van der Waals surface area (Å²) in [6, 6.07) is 0. The summed E-state index contributed by atoms with van der Waals surface area (Å²) in [6.45, 7) is 6.07. The van der Waals surface area contributed by atoms with Gasteiger partial charge in [-0.2, -0.15) is 0 Å². The molecule has 1 aliphatic carbocycles. The molecule has 1 fully saturated rings. The molecule has 4 N–H and O–H groups in total. The van der Waals surface area contributed by atoms with Gasteiger partial charge < -0.3 is 16.2 Å². The molecule has 4 heteroatoms. The Morgan fingerprint density at radius 1 is 1.50 bits per heavy atom. The minimum Gasteiger partial charge on any atom is -0.394 e. The number of hydrogen-bond acceptors (Lipinski definition) is 3. The van der Waals surface area contributed by atoms with Crippen LogP contribution in [-0.4, -0.2) is 28.7 Å². The predicted octanol–water partition coefficient (Wildman–Crippen LogP) is 1.56. The molecule has 4 nitrogen and oxygen atoms in total. The van der Waals surface area contributed by atoms with Crippen molar-refractivity contribution in [3.05, 3.63) is 0 Å². The molecule has 0 aliphatic heterocycles. The van der Waals surface area contributed by atoms with Gasteiger partial charge in [-0.1, -0.05) is 33.6 Å². The molecule has 1 rings (SSSR count). The molecular weight excluding hydrogens is 228 g/mol. The Bertz CT molecular complexity index is 281. The van der Waals surface area contributed by atoms with Gasteiger partial charge in [0.1, 0.15) is 0 Å². The zero-order valence-electron chi connectivity index (χ0n) is 12.0. The smallest absolute Gasteiger partial charge is 0.240 e. The highest BCUT2D eigenvalue weighted by atomic mass is 16.3. The molecule has 18 heavy (non-hydrogen) atoms. The highest BCUT2D eigenvalue weighted by molar-refractivity contribution is 5.86. The van der Waals surface area contributed by atoms with Crippen molar-refractivity contribution in [1.82, 2.24) is 5.32 Å². The summed E-state index contributed by atoms with van der Waals surface area (Å²) in [6.07, 6.45) is 5.09. The zero-order valence-corrected chi connectivity index (χ0v) is 12.0. The molecule has 0 radical (unpaired) electrons. The van der Waals surface area contributed by atoms with Crippen LogP contribution in [-0.2, 0) is 4.79 Å². The lowest BCUT2D eigenvalue weighted by Gasteiger charge is -2.39. The van der Waals surface area contributed by atoms with Gasteiger partial charge in [-0.25, -0.2) is 0 Å². The van der Waals surface area contributed by atoms with Crippen molar-refractivity contribution >= 4 is 5.91 Å². The quantitative estimate of drug-likeness (QED) is 0.699. The van der Waals surface area contributed by atoms with Crippen molar-refractivity contribution in [3.63, 3.8) is 0 Å². The highest BCUT2D eigenvalue weighted by Gasteiger charge is 2.41. The summed E-state index contributed by atoms with van der Waals surface area (Å²) in [4.78, 5) is 12.4. The van der Waals surface area contributed by atoms with E-state index in [1.807, 2.05) is 13.8 Å². The fraction of sp³-hybridized carbons (Fsp3) is 0.929. The van der Waals surface area contributed by atoms with Crippen LogP contribution in [0, 0.1) is 5.92 Å². The van der Waals surface area contributed by atoms with E-state index in [2.05, 4.69) is 12.2 Å². The SMILES string of the molecule is CCC(CC)(CO)NC(=O)C1(N)CCCC(C)C1. The van der Waals surface area contributed by atoms with Crippen LogP contribution in [0.1, 0.15) is 59.3 Å². The largest absolute Gasteiger partial charge is 0.394 e. The van der Waals surface area contributed by atoms with Crippen LogP contribution in [0.5, 0.6) is 0 Å². The molecule has 0 heterocycles. The Labute approximate surface area is 110 Å². The second-order valence-corrected chi connectivity index (χ2v) is 5.96. The third kappa shape index (κ3) is 3.23. The number of rotatable bonds is 5. The van der Waals surface area contributed by atoms with E-state index < -0.39 is 11.1 Å². The highest BCUT2D eigenvalue weighted by Crippen LogP contribution is 2.31. The van der Waals surface area contributed by atoms with Crippen LogP contribution in [0.25, 0.3) is 0 Å². The minimum absolute atomic E-state index is 0.0304. The van der Waals surface area contributed by atoms with E-state index in [1.165, 1.54) is 0 Å². The van der Waals surface area contributed by atoms with E-state index in [4.69, 9.17) is 5.73 Å². The van der Waals surface area contributed by atoms with E-state index in [9.17, 15) is 9.90 Å². The number of amides is 1. The Hall–Kier alpha value is -0.610. The van der Waals surface area contributed by atoms with Crippen molar-refractivity contribution in [1.29, 1.82) is 0 Å². The molecule has 0 aromatic rings. The van der Waals surface area contributed by atoms with Crippen LogP contribution in [0.2, 0.25) is 0 Å². The molecule has 1 aliphatic rings. The topological polar surface area (TPSA) is 75.3 Å². The summed E-state index contributed by atoms with van der Waals surface area (Å²) in [5.41, 5.74) is 5.01. The molecule has 2 unspecified atom stereocenters. The number of hydrogen-bond donors (Lipinski definition) is 3. The Morgan fingerprint density at radius 2 is 2.11 bits per heavy atom. The maximum Gasteiger partial charge on any atom is 0.240 e. The molecule has 0 saturated heterocycles. The van der Waals surface area contributed by atoms with Crippen LogP contribution >= 0.6 is 0 Å². The molecular formula is C14H28N2O2. The average molecular weight is 256 g/mol. The van der Waals surface area contributed by atoms with E-state index in [0.29, 0.717) is 5.92 Å². The van der Waals surface area contributed by atoms with Gasteiger partial charge in [-0.05, 0) is 31.6 Å². The van der Waals surface area contributed by atoms with Crippen molar-refractivity contribution < 1.29 is 9.90 Å². The maximum absolute atomic E-state index is 12.4. The Kier molecular flexibility index (Phi) is 5.17. The third-order valence-electron chi connectivity index (χ3n) is 4.52. The normalized spacial score (nSPS) is 29.1. The molecule has 106 valence electrons. The second-order valence-electron chi connectivity index (χ2n) is 5.96. The standard InChI is InChI=1S/C14H28N2O2/c1-4-13(5-2,10-17)16-12(18)14(15)8-6-7-11(3)9-14/h11,17H,4-10,15H2,1-3H3,(H,16,18). The number of aliphatic hydroxyl groups excluding tert-OH is 1. The fourth-order valence-corrected chi connectivity index (χ4v) is 2.85. The summed E-state index contributed by atoms with van der Waals surface area (Å²) >= 11 is 0. The number of nitrogens with two attached hydrogens (primary N) is 1. The number of carbonyl (C=O) groups excluding carboxylic acids is 1. The zero-order chi connectivity index (χ0) is 13.8. The summed E-state index contributed by atoms with van der Waals surface area (Å²) in [5.74, 6) is 0.410. The van der Waals surface area contributed by atoms with Gasteiger partial charge in [-0.15, -0.1) is 0 Å². The Morgan fingerprint density at radius 3 is 2.56 bits per heavy atom. The lowest BCUT2D eigenvalue weighted by Crippen LogP contribution is -2.62. The Balaban J connectivity index is 2.74. The predicted molar refractivity (Wildman–Crippen MR) is 73.1 cm³/mol. The van der Waals surface area contributed by atoms with Gasteiger partial charge in [-0.3, -0.25) is 4.79 Å². The number of nitrogens with one attached hydrogen (secondary N) is 1. The molecule has 1 amide bonds. The first-order valence-corrected chi connectivity index (χ1v) is 7.13. The van der Waals surface area contributed by atoms with Gasteiger partial charge in [0.05, 0.1) is 17.7 Å². The van der Waals surface area contributed by atoms with E-state index in [1.54, 1.807) is 0 Å². The van der Waals surface area contributed by atoms with Crippen molar-refractivity contribution in [2.24, 2.45) is 11.7 Å². The molecule has 0 aromatic heterocycles. The first-order chi connectivity index (χ1) is 8.41. The molecule has 1 saturated carbocycles. The van der Waals surface area contributed by atoms with Gasteiger partial charge >= 0.3 is 0 Å². The first kappa shape index (κ1) is 15.4. The van der Waals surface area contributed by atoms with Crippen LogP contribution in [0.15, 0.2) is 0 Å². The van der Waals surface area contributed by atoms with E-state index >= 15 is 0 Å². The second kappa shape index (κ2) is 6.02.